The summed E-state index contributed by atoms with van der Waals surface area (Å²) in [7, 11) is 0. The molecule has 0 saturated heterocycles. The van der Waals surface area contributed by atoms with Gasteiger partial charge in [0, 0.05) is 20.0 Å². The topological polar surface area (TPSA) is 35.5 Å². The molecule has 149 valence electrons. The van der Waals surface area contributed by atoms with Crippen molar-refractivity contribution in [2.45, 2.75) is 123 Å². The van der Waals surface area contributed by atoms with E-state index in [0.717, 1.165) is 12.8 Å². The third kappa shape index (κ3) is 19.6. The lowest BCUT2D eigenvalue weighted by Gasteiger charge is -2.12. The zero-order chi connectivity index (χ0) is 18.6. The van der Waals surface area contributed by atoms with Crippen LogP contribution < -0.4 is 0 Å². The van der Waals surface area contributed by atoms with E-state index in [1.807, 2.05) is 6.92 Å². The summed E-state index contributed by atoms with van der Waals surface area (Å²) in [4.78, 5) is 11.5. The maximum absolute atomic E-state index is 11.5. The van der Waals surface area contributed by atoms with Crippen molar-refractivity contribution < 1.29 is 14.3 Å². The second kappa shape index (κ2) is 19.8. The van der Waals surface area contributed by atoms with Crippen molar-refractivity contribution in [1.29, 1.82) is 0 Å². The van der Waals surface area contributed by atoms with Gasteiger partial charge in [-0.2, -0.15) is 0 Å². The number of hydrogen-bond acceptors (Lipinski definition) is 3. The second-order valence-corrected chi connectivity index (χ2v) is 7.07. The zero-order valence-electron chi connectivity index (χ0n) is 17.0. The highest BCUT2D eigenvalue weighted by molar-refractivity contribution is 5.69. The summed E-state index contributed by atoms with van der Waals surface area (Å²) in [5.74, 6) is -0.192. The second-order valence-electron chi connectivity index (χ2n) is 7.07. The van der Waals surface area contributed by atoms with Crippen molar-refractivity contribution in [2.24, 2.45) is 0 Å². The van der Waals surface area contributed by atoms with Crippen LogP contribution in [0.4, 0.5) is 0 Å². The van der Waals surface area contributed by atoms with Gasteiger partial charge in [0.1, 0.15) is 0 Å². The summed E-state index contributed by atoms with van der Waals surface area (Å²) in [5.41, 5.74) is 0. The summed E-state index contributed by atoms with van der Waals surface area (Å²) in [5, 5.41) is 0. The Morgan fingerprint density at radius 2 is 1.12 bits per heavy atom. The zero-order valence-corrected chi connectivity index (χ0v) is 17.0. The van der Waals surface area contributed by atoms with Crippen molar-refractivity contribution in [3.63, 3.8) is 0 Å². The lowest BCUT2D eigenvalue weighted by atomic mass is 10.0. The van der Waals surface area contributed by atoms with Crippen molar-refractivity contribution in [3.05, 3.63) is 6.92 Å². The molecule has 1 atom stereocenters. The van der Waals surface area contributed by atoms with Crippen molar-refractivity contribution in [1.82, 2.24) is 0 Å². The Hall–Kier alpha value is -0.570. The van der Waals surface area contributed by atoms with Gasteiger partial charge in [-0.15, -0.1) is 0 Å². The third-order valence-electron chi connectivity index (χ3n) is 4.60. The van der Waals surface area contributed by atoms with Gasteiger partial charge < -0.3 is 9.47 Å². The van der Waals surface area contributed by atoms with Crippen LogP contribution in [0.25, 0.3) is 0 Å². The molecule has 3 heteroatoms. The van der Waals surface area contributed by atoms with Crippen LogP contribution in [0, 0.1) is 6.92 Å². The Kier molecular flexibility index (Phi) is 19.3. The van der Waals surface area contributed by atoms with E-state index in [0.29, 0.717) is 13.0 Å². The van der Waals surface area contributed by atoms with Crippen LogP contribution in [0.5, 0.6) is 0 Å². The highest BCUT2D eigenvalue weighted by atomic mass is 16.7. The van der Waals surface area contributed by atoms with Gasteiger partial charge in [-0.25, -0.2) is 0 Å². The Labute approximate surface area is 157 Å². The predicted molar refractivity (Wildman–Crippen MR) is 106 cm³/mol. The molecular formula is C22H43O3. The van der Waals surface area contributed by atoms with E-state index in [1.54, 1.807) is 0 Å². The first-order chi connectivity index (χ1) is 12.2. The largest absolute Gasteiger partial charge is 0.436 e. The summed E-state index contributed by atoms with van der Waals surface area (Å²) in [6.07, 6.45) is 19.8. The molecule has 0 N–H and O–H groups in total. The molecule has 0 aromatic carbocycles. The van der Waals surface area contributed by atoms with Crippen LogP contribution in [0.15, 0.2) is 0 Å². The molecule has 0 fully saturated rings. The highest BCUT2D eigenvalue weighted by Crippen LogP contribution is 2.14. The minimum atomic E-state index is -0.658. The molecule has 0 aromatic rings. The predicted octanol–water partition coefficient (Wildman–Crippen LogP) is 6.99. The fourth-order valence-corrected chi connectivity index (χ4v) is 3.07. The lowest BCUT2D eigenvalue weighted by molar-refractivity contribution is -0.168. The fraction of sp³-hybridized carbons (Fsp3) is 0.909. The number of carbonyl (C=O) groups excluding carboxylic acids is 1. The Balaban J connectivity index is 3.15. The molecule has 0 aliphatic carbocycles. The first-order valence-corrected chi connectivity index (χ1v) is 10.8. The van der Waals surface area contributed by atoms with Crippen LogP contribution in [0.2, 0.25) is 0 Å². The first-order valence-electron chi connectivity index (χ1n) is 10.8. The standard InChI is InChI=1S/C22H43O3/c1-4-6-7-8-9-10-11-12-13-14-15-16-17-18-19-20-22(23)25-21(3)24-5-2/h21H,3-20H2,1-2H3. The summed E-state index contributed by atoms with van der Waals surface area (Å²) in [6, 6.07) is 0. The van der Waals surface area contributed by atoms with Gasteiger partial charge in [0.25, 0.3) is 0 Å². The molecule has 0 rings (SSSR count). The average molecular weight is 356 g/mol. The Morgan fingerprint density at radius 1 is 0.720 bits per heavy atom. The maximum Gasteiger partial charge on any atom is 0.308 e. The van der Waals surface area contributed by atoms with Crippen molar-refractivity contribution >= 4 is 5.97 Å². The van der Waals surface area contributed by atoms with Gasteiger partial charge in [-0.05, 0) is 13.3 Å². The van der Waals surface area contributed by atoms with E-state index in [-0.39, 0.29) is 5.97 Å². The molecule has 0 aliphatic heterocycles. The van der Waals surface area contributed by atoms with Crippen LogP contribution >= 0.6 is 0 Å². The lowest BCUT2D eigenvalue weighted by Crippen LogP contribution is -2.18. The van der Waals surface area contributed by atoms with Gasteiger partial charge in [0.15, 0.2) is 0 Å². The highest BCUT2D eigenvalue weighted by Gasteiger charge is 2.08. The van der Waals surface area contributed by atoms with E-state index in [2.05, 4.69) is 13.8 Å². The molecule has 0 spiro atoms. The van der Waals surface area contributed by atoms with E-state index < -0.39 is 6.29 Å². The fourth-order valence-electron chi connectivity index (χ4n) is 3.07. The minimum absolute atomic E-state index is 0.192. The molecule has 0 bridgehead atoms. The van der Waals surface area contributed by atoms with Crippen LogP contribution in [-0.4, -0.2) is 18.9 Å². The van der Waals surface area contributed by atoms with E-state index in [1.165, 1.54) is 83.5 Å². The first kappa shape index (κ1) is 24.4. The quantitative estimate of drug-likeness (QED) is 0.142. The summed E-state index contributed by atoms with van der Waals surface area (Å²) in [6.45, 7) is 8.27. The number of esters is 1. The van der Waals surface area contributed by atoms with E-state index in [4.69, 9.17) is 9.47 Å². The van der Waals surface area contributed by atoms with Crippen molar-refractivity contribution in [3.8, 4) is 0 Å². The molecule has 25 heavy (non-hydrogen) atoms. The Morgan fingerprint density at radius 3 is 1.52 bits per heavy atom. The molecule has 0 amide bonds. The van der Waals surface area contributed by atoms with Crippen molar-refractivity contribution in [2.75, 3.05) is 6.61 Å². The van der Waals surface area contributed by atoms with Crippen LogP contribution in [0.1, 0.15) is 117 Å². The van der Waals surface area contributed by atoms with E-state index in [9.17, 15) is 4.79 Å². The van der Waals surface area contributed by atoms with Gasteiger partial charge in [-0.3, -0.25) is 4.79 Å². The normalized spacial score (nSPS) is 12.3. The van der Waals surface area contributed by atoms with Crippen LogP contribution in [-0.2, 0) is 14.3 Å². The molecule has 0 saturated carbocycles. The molecule has 1 radical (unpaired) electrons. The number of carbonyl (C=O) groups is 1. The van der Waals surface area contributed by atoms with Gasteiger partial charge in [0.05, 0.1) is 0 Å². The molecular weight excluding hydrogens is 312 g/mol. The van der Waals surface area contributed by atoms with Gasteiger partial charge in [0.2, 0.25) is 6.29 Å². The monoisotopic (exact) mass is 355 g/mol. The smallest absolute Gasteiger partial charge is 0.308 e. The number of hydrogen-bond donors (Lipinski definition) is 0. The number of rotatable bonds is 19. The number of unbranched alkanes of at least 4 members (excludes halogenated alkanes) is 14. The summed E-state index contributed by atoms with van der Waals surface area (Å²) < 4.78 is 10.1. The maximum atomic E-state index is 11.5. The van der Waals surface area contributed by atoms with Gasteiger partial charge >= 0.3 is 5.97 Å². The molecule has 0 heterocycles. The summed E-state index contributed by atoms with van der Waals surface area (Å²) >= 11 is 0. The average Bonchev–Trinajstić information content (AvgIpc) is 2.58. The molecule has 3 nitrogen and oxygen atoms in total. The molecule has 1 unspecified atom stereocenters. The minimum Gasteiger partial charge on any atom is -0.436 e. The van der Waals surface area contributed by atoms with Crippen LogP contribution in [0.3, 0.4) is 0 Å². The Bertz CT molecular complexity index is 278. The molecule has 0 aliphatic rings. The molecule has 0 aromatic heterocycles. The van der Waals surface area contributed by atoms with E-state index >= 15 is 0 Å². The SMILES string of the molecule is [CH2]C(OCC)OC(=O)CCCCCCCCCCCCCCCCC. The van der Waals surface area contributed by atoms with Gasteiger partial charge in [-0.1, -0.05) is 96.8 Å². The third-order valence-corrected chi connectivity index (χ3v) is 4.60. The number of ether oxygens (including phenoxy) is 2.